The monoisotopic (exact) mass is 303 g/mol. The van der Waals surface area contributed by atoms with Gasteiger partial charge < -0.3 is 5.73 Å². The maximum atomic E-state index is 12.8. The van der Waals surface area contributed by atoms with Gasteiger partial charge in [0.05, 0.1) is 5.69 Å². The van der Waals surface area contributed by atoms with Crippen molar-refractivity contribution in [1.29, 1.82) is 0 Å². The summed E-state index contributed by atoms with van der Waals surface area (Å²) in [6, 6.07) is 11.1. The van der Waals surface area contributed by atoms with Crippen LogP contribution >= 0.6 is 0 Å². The van der Waals surface area contributed by atoms with E-state index in [2.05, 4.69) is 11.1 Å². The van der Waals surface area contributed by atoms with Crippen molar-refractivity contribution in [2.75, 3.05) is 6.54 Å². The van der Waals surface area contributed by atoms with Gasteiger partial charge in [-0.2, -0.15) is 4.31 Å². The number of fused-ring (bicyclic) bond motifs is 1. The van der Waals surface area contributed by atoms with Crippen LogP contribution in [-0.2, 0) is 29.5 Å². The molecule has 2 aromatic rings. The predicted octanol–water partition coefficient (Wildman–Crippen LogP) is 1.29. The van der Waals surface area contributed by atoms with Crippen LogP contribution in [0.15, 0.2) is 47.5 Å². The van der Waals surface area contributed by atoms with Gasteiger partial charge >= 0.3 is 0 Å². The molecule has 1 aliphatic heterocycles. The average Bonchev–Trinajstić information content (AvgIpc) is 2.54. The molecule has 0 fully saturated rings. The Kier molecular flexibility index (Phi) is 3.75. The van der Waals surface area contributed by atoms with Crippen molar-refractivity contribution < 1.29 is 8.42 Å². The molecule has 5 nitrogen and oxygen atoms in total. The fourth-order valence-corrected chi connectivity index (χ4v) is 4.23. The van der Waals surface area contributed by atoms with E-state index in [0.717, 1.165) is 12.0 Å². The second-order valence-electron chi connectivity index (χ2n) is 5.01. The number of nitrogens with zero attached hydrogens (tertiary/aromatic N) is 2. The Balaban J connectivity index is 1.97. The van der Waals surface area contributed by atoms with Crippen LogP contribution in [0.5, 0.6) is 0 Å². The highest BCUT2D eigenvalue weighted by molar-refractivity contribution is 7.89. The third-order valence-electron chi connectivity index (χ3n) is 3.76. The Labute approximate surface area is 124 Å². The zero-order valence-corrected chi connectivity index (χ0v) is 12.4. The number of nitrogens with two attached hydrogens (primary N) is 1. The van der Waals surface area contributed by atoms with Crippen molar-refractivity contribution in [3.05, 3.63) is 59.4 Å². The number of hydrogen-bond donors (Lipinski definition) is 1. The highest BCUT2D eigenvalue weighted by Crippen LogP contribution is 2.25. The first-order valence-corrected chi connectivity index (χ1v) is 8.28. The number of rotatable bonds is 3. The van der Waals surface area contributed by atoms with Crippen LogP contribution < -0.4 is 5.73 Å². The van der Waals surface area contributed by atoms with Crippen molar-refractivity contribution >= 4 is 10.0 Å². The van der Waals surface area contributed by atoms with Crippen molar-refractivity contribution in [2.45, 2.75) is 24.4 Å². The lowest BCUT2D eigenvalue weighted by Gasteiger charge is -2.28. The molecule has 0 saturated carbocycles. The molecule has 2 heterocycles. The number of benzene rings is 1. The normalized spacial score (nSPS) is 15.7. The molecule has 1 aromatic heterocycles. The standard InChI is InChI=1S/C15H17N3O2S/c16-10-14-15(6-3-8-17-14)21(19,20)18-9-7-12-4-1-2-5-13(12)11-18/h1-6,8H,7,9-11,16H2. The summed E-state index contributed by atoms with van der Waals surface area (Å²) in [5, 5.41) is 0. The largest absolute Gasteiger partial charge is 0.325 e. The SMILES string of the molecule is NCc1ncccc1S(=O)(=O)N1CCc2ccccc2C1. The van der Waals surface area contributed by atoms with Crippen LogP contribution in [0.1, 0.15) is 16.8 Å². The molecule has 0 aliphatic carbocycles. The Morgan fingerprint density at radius 2 is 1.90 bits per heavy atom. The summed E-state index contributed by atoms with van der Waals surface area (Å²) < 4.78 is 27.1. The maximum absolute atomic E-state index is 12.8. The summed E-state index contributed by atoms with van der Waals surface area (Å²) in [5.74, 6) is 0. The fourth-order valence-electron chi connectivity index (χ4n) is 2.63. The molecule has 0 amide bonds. The predicted molar refractivity (Wildman–Crippen MR) is 79.9 cm³/mol. The topological polar surface area (TPSA) is 76.3 Å². The zero-order chi connectivity index (χ0) is 14.9. The van der Waals surface area contributed by atoms with Gasteiger partial charge in [-0.1, -0.05) is 24.3 Å². The van der Waals surface area contributed by atoms with Crippen LogP contribution in [0.2, 0.25) is 0 Å². The first-order valence-electron chi connectivity index (χ1n) is 6.84. The lowest BCUT2D eigenvalue weighted by Crippen LogP contribution is -2.36. The van der Waals surface area contributed by atoms with Gasteiger partial charge in [0.2, 0.25) is 10.0 Å². The Hall–Kier alpha value is -1.76. The van der Waals surface area contributed by atoms with E-state index in [1.807, 2.05) is 18.2 Å². The van der Waals surface area contributed by atoms with Gasteiger partial charge in [-0.25, -0.2) is 8.42 Å². The second-order valence-corrected chi connectivity index (χ2v) is 6.92. The second kappa shape index (κ2) is 5.55. The van der Waals surface area contributed by atoms with E-state index in [4.69, 9.17) is 5.73 Å². The smallest absolute Gasteiger partial charge is 0.245 e. The van der Waals surface area contributed by atoms with Gasteiger partial charge in [-0.3, -0.25) is 4.98 Å². The van der Waals surface area contributed by atoms with E-state index in [0.29, 0.717) is 18.8 Å². The molecule has 2 N–H and O–H groups in total. The van der Waals surface area contributed by atoms with Gasteiger partial charge in [-0.15, -0.1) is 0 Å². The summed E-state index contributed by atoms with van der Waals surface area (Å²) in [7, 11) is -3.56. The van der Waals surface area contributed by atoms with Crippen LogP contribution in [-0.4, -0.2) is 24.3 Å². The van der Waals surface area contributed by atoms with E-state index >= 15 is 0 Å². The highest BCUT2D eigenvalue weighted by Gasteiger charge is 2.29. The Morgan fingerprint density at radius 3 is 2.67 bits per heavy atom. The Morgan fingerprint density at radius 1 is 1.14 bits per heavy atom. The summed E-state index contributed by atoms with van der Waals surface area (Å²) in [4.78, 5) is 4.29. The molecular formula is C15H17N3O2S. The van der Waals surface area contributed by atoms with Gasteiger partial charge in [0.15, 0.2) is 0 Å². The number of aromatic nitrogens is 1. The molecule has 3 rings (SSSR count). The third kappa shape index (κ3) is 2.57. The summed E-state index contributed by atoms with van der Waals surface area (Å²) >= 11 is 0. The fraction of sp³-hybridized carbons (Fsp3) is 0.267. The molecular weight excluding hydrogens is 286 g/mol. The lowest BCUT2D eigenvalue weighted by molar-refractivity contribution is 0.390. The van der Waals surface area contributed by atoms with E-state index in [-0.39, 0.29) is 11.4 Å². The number of sulfonamides is 1. The molecule has 0 bridgehead atoms. The van der Waals surface area contributed by atoms with Crippen molar-refractivity contribution in [1.82, 2.24) is 9.29 Å². The quantitative estimate of drug-likeness (QED) is 0.927. The van der Waals surface area contributed by atoms with Crippen LogP contribution in [0.3, 0.4) is 0 Å². The Bertz CT molecular complexity index is 759. The zero-order valence-electron chi connectivity index (χ0n) is 11.6. The molecule has 1 aliphatic rings. The van der Waals surface area contributed by atoms with Gasteiger partial charge in [0.25, 0.3) is 0 Å². The molecule has 0 spiro atoms. The van der Waals surface area contributed by atoms with E-state index in [9.17, 15) is 8.42 Å². The minimum absolute atomic E-state index is 0.111. The van der Waals surface area contributed by atoms with Crippen LogP contribution in [0.25, 0.3) is 0 Å². The minimum atomic E-state index is -3.56. The van der Waals surface area contributed by atoms with Crippen molar-refractivity contribution in [3.63, 3.8) is 0 Å². The minimum Gasteiger partial charge on any atom is -0.325 e. The van der Waals surface area contributed by atoms with Crippen molar-refractivity contribution in [3.8, 4) is 0 Å². The molecule has 6 heteroatoms. The third-order valence-corrected chi connectivity index (χ3v) is 5.67. The summed E-state index contributed by atoms with van der Waals surface area (Å²) in [6.45, 7) is 0.996. The highest BCUT2D eigenvalue weighted by atomic mass is 32.2. The van der Waals surface area contributed by atoms with Crippen LogP contribution in [0.4, 0.5) is 0 Å². The molecule has 21 heavy (non-hydrogen) atoms. The van der Waals surface area contributed by atoms with E-state index < -0.39 is 10.0 Å². The van der Waals surface area contributed by atoms with Gasteiger partial charge in [-0.05, 0) is 29.7 Å². The summed E-state index contributed by atoms with van der Waals surface area (Å²) in [5.41, 5.74) is 8.30. The van der Waals surface area contributed by atoms with Gasteiger partial charge in [0.1, 0.15) is 4.90 Å². The van der Waals surface area contributed by atoms with Crippen molar-refractivity contribution in [2.24, 2.45) is 5.73 Å². The van der Waals surface area contributed by atoms with Gasteiger partial charge in [0, 0.05) is 25.8 Å². The van der Waals surface area contributed by atoms with E-state index in [1.54, 1.807) is 18.3 Å². The number of hydrogen-bond acceptors (Lipinski definition) is 4. The van der Waals surface area contributed by atoms with Crippen LogP contribution in [0, 0.1) is 0 Å². The molecule has 1 aromatic carbocycles. The molecule has 110 valence electrons. The van der Waals surface area contributed by atoms with E-state index in [1.165, 1.54) is 9.87 Å². The average molecular weight is 303 g/mol. The first-order chi connectivity index (χ1) is 10.1. The maximum Gasteiger partial charge on any atom is 0.245 e. The number of pyridine rings is 1. The molecule has 0 saturated heterocycles. The molecule has 0 radical (unpaired) electrons. The summed E-state index contributed by atoms with van der Waals surface area (Å²) in [6.07, 6.45) is 2.29. The first kappa shape index (κ1) is 14.2. The molecule has 0 unspecified atom stereocenters. The molecule has 0 atom stereocenters. The lowest BCUT2D eigenvalue weighted by atomic mass is 10.0.